The van der Waals surface area contributed by atoms with Crippen molar-refractivity contribution in [3.8, 4) is 89.5 Å². The number of aryl methyl sites for hydroxylation is 9. The number of rotatable bonds is 8. The topological polar surface area (TPSA) is 120 Å². The van der Waals surface area contributed by atoms with Crippen molar-refractivity contribution in [2.24, 2.45) is 28.2 Å². The van der Waals surface area contributed by atoms with Crippen LogP contribution in [-0.4, -0.2) is 19.9 Å². The van der Waals surface area contributed by atoms with Gasteiger partial charge in [-0.2, -0.15) is 0 Å². The van der Waals surface area contributed by atoms with Gasteiger partial charge in [-0.15, -0.1) is 0 Å². The summed E-state index contributed by atoms with van der Waals surface area (Å²) in [4.78, 5) is 17.9. The van der Waals surface area contributed by atoms with Gasteiger partial charge in [0, 0.05) is 162 Å². The standard InChI is InChI=1S/C29H29N2O.3C28H27N2O/c1-18-7-10-20(11-8-18)21-12-15-24(31(6)17-21)26-19(2)9-13-22-23-14-16-25(29(3,4)5)30-28(23)32-27(22)26;1-18-13-14-21-22-15-16-23(28(2,3)4)29-27(22)31-26(21)24(18)25-20(12-9-17-30(25)5)19-10-7-6-8-11-19;1-18-11-13-21-22-14-16-24(28(2,3)4)29-27(22)31-26(21)25(18)23-15-12-20(17-30(23)5)19-9-7-6-8-10-19;1-18-11-12-21-22-13-14-24(28(2,3)4)29-27(22)31-26(21)25(18)23-17-20(15-16-30(23)5)19-9-7-6-8-10-19/h7-17H,1-6H3;3*6-17H,1-5H3/q4*+1/i3D3,4D3;3*2D3,3D3. The number of hydrogen-bond donors (Lipinski definition) is 0. The van der Waals surface area contributed by atoms with Crippen LogP contribution in [0, 0.1) is 34.6 Å². The fourth-order valence-electron chi connectivity index (χ4n) is 16.5. The number of furan rings is 4. The molecule has 0 unspecified atom stereocenters. The van der Waals surface area contributed by atoms with Crippen LogP contribution in [0.2, 0.25) is 0 Å². The van der Waals surface area contributed by atoms with Crippen molar-refractivity contribution >= 4 is 88.3 Å². The van der Waals surface area contributed by atoms with Crippen molar-refractivity contribution in [1.29, 1.82) is 0 Å². The lowest BCUT2D eigenvalue weighted by Gasteiger charge is -2.16. The lowest BCUT2D eigenvalue weighted by Crippen LogP contribution is -2.31. The smallest absolute Gasteiger partial charge is 0.227 e. The molecule has 12 nitrogen and oxygen atoms in total. The van der Waals surface area contributed by atoms with E-state index < -0.39 is 76.5 Å². The molecule has 0 aliphatic heterocycles. The first-order valence-corrected chi connectivity index (χ1v) is 41.3. The van der Waals surface area contributed by atoms with Crippen molar-refractivity contribution in [1.82, 2.24) is 19.9 Å². The SMILES string of the molecule is [2H]C([2H])([2H])C(C)(c1ccc2c(n1)oc1c(-c3c(-c4ccccc4)ccc[n+]3C)c(C)ccc12)C([2H])([2H])[2H].[2H]C([2H])([2H])C(C)(c1ccc2c(n1)oc1c(-c3cc(-c4ccccc4)cc[n+]3C)c(C)ccc12)C([2H])([2H])[2H].[2H]C([2H])([2H])C(C)(c1ccc2c(n1)oc1c(-c3ccc(-c4ccc(C)cc4)c[n+]3C)c(C)ccc12)C([2H])([2H])[2H].[2H]C([2H])([2H])C(C)(c1ccc2c(n1)oc1c(-c3ccc(-c4ccccc4)c[n+]3C)c(C)ccc12)C([2H])([2H])[2H]. The summed E-state index contributed by atoms with van der Waals surface area (Å²) in [6, 6.07) is 83.9. The van der Waals surface area contributed by atoms with Gasteiger partial charge in [0.05, 0.1) is 27.8 Å². The van der Waals surface area contributed by atoms with E-state index in [4.69, 9.17) is 50.6 Å². The van der Waals surface area contributed by atoms with Crippen LogP contribution in [0.5, 0.6) is 0 Å². The fraction of sp³-hybridized carbons (Fsp3) is 0.221. The zero-order valence-corrected chi connectivity index (χ0v) is 71.8. The van der Waals surface area contributed by atoms with Crippen LogP contribution < -0.4 is 18.3 Å². The van der Waals surface area contributed by atoms with Crippen LogP contribution in [0.4, 0.5) is 0 Å². The van der Waals surface area contributed by atoms with Gasteiger partial charge < -0.3 is 17.7 Å². The first kappa shape index (κ1) is 59.0. The van der Waals surface area contributed by atoms with Crippen molar-refractivity contribution in [2.75, 3.05) is 0 Å². The predicted octanol–water partition coefficient (Wildman–Crippen LogP) is 27.3. The monoisotopic (exact) mass is 1670 g/mol. The molecule has 0 aliphatic carbocycles. The minimum absolute atomic E-state index is 0.0460. The Morgan fingerprint density at radius 1 is 0.264 bits per heavy atom. The Labute approximate surface area is 766 Å². The summed E-state index contributed by atoms with van der Waals surface area (Å²) in [7, 11) is 7.93. The van der Waals surface area contributed by atoms with Gasteiger partial charge in [-0.25, -0.2) is 38.2 Å². The second kappa shape index (κ2) is 32.8. The summed E-state index contributed by atoms with van der Waals surface area (Å²) < 4.78 is 225. The van der Waals surface area contributed by atoms with Gasteiger partial charge in [0.2, 0.25) is 45.6 Å². The average molecular weight is 1670 g/mol. The Hall–Kier alpha value is -13.8. The van der Waals surface area contributed by atoms with Crippen molar-refractivity contribution < 1.29 is 68.8 Å². The third kappa shape index (κ3) is 16.3. The van der Waals surface area contributed by atoms with Crippen LogP contribution in [-0.2, 0) is 49.9 Å². The van der Waals surface area contributed by atoms with E-state index in [1.165, 1.54) is 57.5 Å². The van der Waals surface area contributed by atoms with Crippen molar-refractivity contribution in [2.45, 2.75) is 139 Å². The van der Waals surface area contributed by atoms with E-state index in [0.29, 0.717) is 43.9 Å². The molecule has 0 bridgehead atoms. The fourth-order valence-corrected chi connectivity index (χ4v) is 16.5. The minimum Gasteiger partial charge on any atom is -0.437 e. The zero-order chi connectivity index (χ0) is 108. The van der Waals surface area contributed by atoms with Gasteiger partial charge in [0.15, 0.2) is 47.1 Å². The highest BCUT2D eigenvalue weighted by Crippen LogP contribution is 2.45. The number of fused-ring (bicyclic) bond motifs is 12. The van der Waals surface area contributed by atoms with Gasteiger partial charge in [0.25, 0.3) is 0 Å². The third-order valence-electron chi connectivity index (χ3n) is 23.2. The summed E-state index contributed by atoms with van der Waals surface area (Å²) in [5, 5.41) is 6.08. The van der Waals surface area contributed by atoms with E-state index in [2.05, 4.69) is 156 Å². The molecule has 12 aromatic heterocycles. The van der Waals surface area contributed by atoms with E-state index >= 15 is 0 Å². The van der Waals surface area contributed by atoms with Gasteiger partial charge in [-0.1, -0.05) is 252 Å². The van der Waals surface area contributed by atoms with Crippen molar-refractivity contribution in [3.63, 3.8) is 0 Å². The number of pyridine rings is 8. The van der Waals surface area contributed by atoms with E-state index in [1.807, 2.05) is 182 Å². The number of hydrogen-bond acceptors (Lipinski definition) is 8. The molecule has 0 N–H and O–H groups in total. The predicted molar refractivity (Wildman–Crippen MR) is 513 cm³/mol. The van der Waals surface area contributed by atoms with Crippen molar-refractivity contribution in [3.05, 3.63) is 336 Å². The largest absolute Gasteiger partial charge is 0.437 e. The van der Waals surface area contributed by atoms with Crippen LogP contribution in [0.1, 0.15) is 166 Å². The van der Waals surface area contributed by atoms with Gasteiger partial charge in [0.1, 0.15) is 28.2 Å². The van der Waals surface area contributed by atoms with Crippen LogP contribution in [0.3, 0.4) is 0 Å². The normalized spacial score (nSPS) is 15.7. The van der Waals surface area contributed by atoms with Crippen LogP contribution in [0.15, 0.2) is 303 Å². The summed E-state index contributed by atoms with van der Waals surface area (Å²) in [6.45, 7) is -7.37. The maximum Gasteiger partial charge on any atom is 0.227 e. The zero-order valence-electron chi connectivity index (χ0n) is 95.8. The minimum atomic E-state index is -2.80. The van der Waals surface area contributed by atoms with Gasteiger partial charge in [-0.3, -0.25) is 0 Å². The van der Waals surface area contributed by atoms with Gasteiger partial charge in [-0.05, 0) is 151 Å². The van der Waals surface area contributed by atoms with E-state index in [9.17, 15) is 0 Å². The highest BCUT2D eigenvalue weighted by Gasteiger charge is 2.31. The molecule has 622 valence electrons. The van der Waals surface area contributed by atoms with Crippen LogP contribution in [0.25, 0.3) is 178 Å². The number of benzene rings is 8. The molecule has 8 aromatic carbocycles. The van der Waals surface area contributed by atoms with E-state index in [-0.39, 0.29) is 45.6 Å². The molecule has 0 amide bonds. The lowest BCUT2D eigenvalue weighted by atomic mass is 9.91. The van der Waals surface area contributed by atoms with Crippen LogP contribution >= 0.6 is 0 Å². The summed E-state index contributed by atoms with van der Waals surface area (Å²) >= 11 is 0. The molecule has 0 fully saturated rings. The Balaban J connectivity index is 0.000000135. The molecule has 125 heavy (non-hydrogen) atoms. The lowest BCUT2D eigenvalue weighted by molar-refractivity contribution is -0.660. The van der Waals surface area contributed by atoms with Gasteiger partial charge >= 0.3 is 0 Å². The Kier molecular flexibility index (Phi) is 15.5. The molecule has 20 aromatic rings. The molecular formula is C113H110N8O4+4. The quantitative estimate of drug-likeness (QED) is 0.138. The molecule has 12 heterocycles. The highest BCUT2D eigenvalue weighted by molar-refractivity contribution is 6.12. The summed E-state index contributed by atoms with van der Waals surface area (Å²) in [6.07, 6.45) is 8.14. The summed E-state index contributed by atoms with van der Waals surface area (Å²) in [5.41, 5.74) is 15.8. The maximum atomic E-state index is 8.00. The maximum absolute atomic E-state index is 8.00. The third-order valence-corrected chi connectivity index (χ3v) is 23.2. The molecular weight excluding hydrogens is 1530 g/mol. The molecule has 0 radical (unpaired) electrons. The second-order valence-electron chi connectivity index (χ2n) is 33.2. The first-order chi connectivity index (χ1) is 69.7. The molecule has 12 heteroatoms. The molecule has 0 aliphatic rings. The Morgan fingerprint density at radius 3 is 0.952 bits per heavy atom. The first-order valence-electron chi connectivity index (χ1n) is 53.3. The summed E-state index contributed by atoms with van der Waals surface area (Å²) in [5.74, 6) is 0. The molecule has 0 atom stereocenters. The molecule has 0 saturated heterocycles. The molecule has 0 saturated carbocycles. The Bertz CT molecular complexity index is 8510. The van der Waals surface area contributed by atoms with E-state index in [0.717, 1.165) is 133 Å². The Morgan fingerprint density at radius 2 is 0.584 bits per heavy atom. The highest BCUT2D eigenvalue weighted by atomic mass is 16.4. The molecule has 0 spiro atoms. The number of aromatic nitrogens is 8. The molecule has 20 rings (SSSR count). The van der Waals surface area contributed by atoms with E-state index in [1.54, 1.807) is 24.3 Å². The average Bonchev–Trinajstić information content (AvgIpc) is 1.68. The second-order valence-corrected chi connectivity index (χ2v) is 33.2. The number of nitrogens with zero attached hydrogens (tertiary/aromatic N) is 8.